The Morgan fingerprint density at radius 3 is 2.75 bits per heavy atom. The second kappa shape index (κ2) is 4.65. The molecular formula is C10H12FN. The van der Waals surface area contributed by atoms with Crippen LogP contribution in [0.25, 0.3) is 0 Å². The minimum atomic E-state index is -0.137. The van der Waals surface area contributed by atoms with Crippen molar-refractivity contribution in [1.82, 2.24) is 0 Å². The number of halogens is 1. The van der Waals surface area contributed by atoms with Crippen molar-refractivity contribution in [1.29, 1.82) is 5.41 Å². The first kappa shape index (κ1) is 8.91. The summed E-state index contributed by atoms with van der Waals surface area (Å²) in [4.78, 5) is 0. The van der Waals surface area contributed by atoms with E-state index in [4.69, 9.17) is 5.41 Å². The molecule has 1 N–H and O–H groups in total. The normalized spacial score (nSPS) is 9.75. The first-order valence-corrected chi connectivity index (χ1v) is 4.07. The highest BCUT2D eigenvalue weighted by Gasteiger charge is 1.98. The van der Waals surface area contributed by atoms with E-state index in [-0.39, 0.29) is 5.82 Å². The smallest absolute Gasteiger partial charge is 0.126 e. The Morgan fingerprint density at radius 2 is 2.08 bits per heavy atom. The van der Waals surface area contributed by atoms with E-state index in [0.29, 0.717) is 0 Å². The topological polar surface area (TPSA) is 23.9 Å². The van der Waals surface area contributed by atoms with E-state index >= 15 is 0 Å². The molecule has 0 aromatic heterocycles. The maximum absolute atomic E-state index is 13.0. The number of hydrogen-bond donors (Lipinski definition) is 1. The molecule has 0 saturated carbocycles. The fourth-order valence-electron chi connectivity index (χ4n) is 1.10. The van der Waals surface area contributed by atoms with Crippen molar-refractivity contribution in [2.24, 2.45) is 0 Å². The number of rotatable bonds is 4. The summed E-state index contributed by atoms with van der Waals surface area (Å²) in [7, 11) is 0. The van der Waals surface area contributed by atoms with Gasteiger partial charge in [-0.2, -0.15) is 0 Å². The van der Waals surface area contributed by atoms with E-state index in [1.807, 2.05) is 6.07 Å². The van der Waals surface area contributed by atoms with E-state index in [2.05, 4.69) is 0 Å². The van der Waals surface area contributed by atoms with Gasteiger partial charge < -0.3 is 5.41 Å². The van der Waals surface area contributed by atoms with E-state index in [1.165, 1.54) is 12.3 Å². The van der Waals surface area contributed by atoms with Crippen LogP contribution < -0.4 is 0 Å². The molecule has 0 amide bonds. The summed E-state index contributed by atoms with van der Waals surface area (Å²) in [6.45, 7) is 0. The second-order valence-electron chi connectivity index (χ2n) is 2.69. The average Bonchev–Trinajstić information content (AvgIpc) is 2.09. The standard InChI is InChI=1S/C10H12FN/c11-10-7-2-1-5-9(10)6-3-4-8-12/h1-2,5,7-8,12H,3-4,6H2. The van der Waals surface area contributed by atoms with Crippen LogP contribution in [0.3, 0.4) is 0 Å². The van der Waals surface area contributed by atoms with Gasteiger partial charge in [-0.1, -0.05) is 18.2 Å². The van der Waals surface area contributed by atoms with Crippen LogP contribution in [0.1, 0.15) is 18.4 Å². The number of aryl methyl sites for hydroxylation is 1. The van der Waals surface area contributed by atoms with Crippen molar-refractivity contribution in [3.8, 4) is 0 Å². The van der Waals surface area contributed by atoms with Crippen molar-refractivity contribution in [2.75, 3.05) is 0 Å². The third-order valence-corrected chi connectivity index (χ3v) is 1.75. The Balaban J connectivity index is 2.51. The zero-order valence-corrected chi connectivity index (χ0v) is 6.89. The molecule has 0 heterocycles. The minimum Gasteiger partial charge on any atom is -0.313 e. The predicted molar refractivity (Wildman–Crippen MR) is 48.1 cm³/mol. The van der Waals surface area contributed by atoms with E-state index in [0.717, 1.165) is 24.8 Å². The molecular weight excluding hydrogens is 153 g/mol. The number of nitrogens with one attached hydrogen (secondary N) is 1. The van der Waals surface area contributed by atoms with Gasteiger partial charge in [-0.15, -0.1) is 0 Å². The Hall–Kier alpha value is -1.18. The van der Waals surface area contributed by atoms with Crippen molar-refractivity contribution >= 4 is 6.21 Å². The van der Waals surface area contributed by atoms with Crippen molar-refractivity contribution in [3.63, 3.8) is 0 Å². The summed E-state index contributed by atoms with van der Waals surface area (Å²) in [5, 5.41) is 6.80. The van der Waals surface area contributed by atoms with Gasteiger partial charge in [-0.3, -0.25) is 0 Å². The fraction of sp³-hybridized carbons (Fsp3) is 0.300. The lowest BCUT2D eigenvalue weighted by Crippen LogP contribution is -1.89. The monoisotopic (exact) mass is 165 g/mol. The largest absolute Gasteiger partial charge is 0.313 e. The van der Waals surface area contributed by atoms with Gasteiger partial charge in [0.25, 0.3) is 0 Å². The Morgan fingerprint density at radius 1 is 1.33 bits per heavy atom. The van der Waals surface area contributed by atoms with Crippen molar-refractivity contribution in [3.05, 3.63) is 35.6 Å². The van der Waals surface area contributed by atoms with Crippen LogP contribution in [-0.2, 0) is 6.42 Å². The van der Waals surface area contributed by atoms with Crippen LogP contribution in [-0.4, -0.2) is 6.21 Å². The molecule has 1 aromatic carbocycles. The summed E-state index contributed by atoms with van der Waals surface area (Å²) in [5.74, 6) is -0.137. The van der Waals surface area contributed by atoms with Crippen LogP contribution in [0.4, 0.5) is 4.39 Å². The quantitative estimate of drug-likeness (QED) is 0.524. The number of hydrogen-bond acceptors (Lipinski definition) is 1. The predicted octanol–water partition coefficient (Wildman–Crippen LogP) is 2.80. The highest BCUT2D eigenvalue weighted by molar-refractivity contribution is 5.52. The highest BCUT2D eigenvalue weighted by Crippen LogP contribution is 2.09. The van der Waals surface area contributed by atoms with Gasteiger partial charge in [0.2, 0.25) is 0 Å². The molecule has 12 heavy (non-hydrogen) atoms. The molecule has 0 aliphatic heterocycles. The van der Waals surface area contributed by atoms with E-state index in [9.17, 15) is 4.39 Å². The zero-order valence-electron chi connectivity index (χ0n) is 6.89. The third kappa shape index (κ3) is 2.46. The third-order valence-electron chi connectivity index (χ3n) is 1.75. The molecule has 0 atom stereocenters. The van der Waals surface area contributed by atoms with Crippen LogP contribution in [0.2, 0.25) is 0 Å². The fourth-order valence-corrected chi connectivity index (χ4v) is 1.10. The summed E-state index contributed by atoms with van der Waals surface area (Å²) in [6, 6.07) is 6.79. The molecule has 64 valence electrons. The van der Waals surface area contributed by atoms with Crippen molar-refractivity contribution < 1.29 is 4.39 Å². The molecule has 0 aliphatic carbocycles. The molecule has 0 unspecified atom stereocenters. The average molecular weight is 165 g/mol. The molecule has 1 nitrogen and oxygen atoms in total. The van der Waals surface area contributed by atoms with E-state index in [1.54, 1.807) is 12.1 Å². The molecule has 1 rings (SSSR count). The summed E-state index contributed by atoms with van der Waals surface area (Å²) in [6.07, 6.45) is 3.67. The first-order valence-electron chi connectivity index (χ1n) is 4.07. The highest BCUT2D eigenvalue weighted by atomic mass is 19.1. The molecule has 1 aromatic rings. The second-order valence-corrected chi connectivity index (χ2v) is 2.69. The Labute approximate surface area is 71.7 Å². The summed E-state index contributed by atoms with van der Waals surface area (Å²) < 4.78 is 13.0. The molecule has 0 aliphatic rings. The lowest BCUT2D eigenvalue weighted by Gasteiger charge is -1.99. The summed E-state index contributed by atoms with van der Waals surface area (Å²) in [5.41, 5.74) is 0.749. The lowest BCUT2D eigenvalue weighted by molar-refractivity contribution is 0.606. The van der Waals surface area contributed by atoms with Crippen LogP contribution >= 0.6 is 0 Å². The Bertz CT molecular complexity index is 258. The van der Waals surface area contributed by atoms with Gasteiger partial charge in [0.15, 0.2) is 0 Å². The summed E-state index contributed by atoms with van der Waals surface area (Å²) >= 11 is 0. The van der Waals surface area contributed by atoms with E-state index < -0.39 is 0 Å². The van der Waals surface area contributed by atoms with Gasteiger partial charge in [0, 0.05) is 0 Å². The number of unbranched alkanes of at least 4 members (excludes halogenated alkanes) is 1. The molecule has 0 saturated heterocycles. The SMILES string of the molecule is N=CCCCc1ccccc1F. The minimum absolute atomic E-state index is 0.137. The van der Waals surface area contributed by atoms with Crippen LogP contribution in [0, 0.1) is 11.2 Å². The van der Waals surface area contributed by atoms with Gasteiger partial charge in [-0.25, -0.2) is 4.39 Å². The van der Waals surface area contributed by atoms with Crippen LogP contribution in [0.15, 0.2) is 24.3 Å². The maximum atomic E-state index is 13.0. The molecule has 0 spiro atoms. The molecule has 0 bridgehead atoms. The van der Waals surface area contributed by atoms with Gasteiger partial charge in [-0.05, 0) is 37.1 Å². The molecule has 2 heteroatoms. The van der Waals surface area contributed by atoms with Crippen LogP contribution in [0.5, 0.6) is 0 Å². The Kier molecular flexibility index (Phi) is 3.45. The van der Waals surface area contributed by atoms with Gasteiger partial charge >= 0.3 is 0 Å². The first-order chi connectivity index (χ1) is 5.84. The van der Waals surface area contributed by atoms with Crippen molar-refractivity contribution in [2.45, 2.75) is 19.3 Å². The van der Waals surface area contributed by atoms with Gasteiger partial charge in [0.1, 0.15) is 5.82 Å². The maximum Gasteiger partial charge on any atom is 0.126 e. The van der Waals surface area contributed by atoms with Gasteiger partial charge in [0.05, 0.1) is 0 Å². The number of benzene rings is 1. The zero-order chi connectivity index (χ0) is 8.81. The molecule has 0 radical (unpaired) electrons. The lowest BCUT2D eigenvalue weighted by atomic mass is 10.1. The molecule has 0 fully saturated rings.